The summed E-state index contributed by atoms with van der Waals surface area (Å²) in [6, 6.07) is 12.0. The highest BCUT2D eigenvalue weighted by molar-refractivity contribution is 6.36. The molecule has 0 aliphatic carbocycles. The Hall–Kier alpha value is -1.84. The fraction of sp³-hybridized carbons (Fsp3) is 0. The second-order valence-corrected chi connectivity index (χ2v) is 4.92. The Bertz CT molecular complexity index is 946. The van der Waals surface area contributed by atoms with Crippen LogP contribution in [0.4, 0.5) is 0 Å². The normalized spacial score (nSPS) is 11.7. The van der Waals surface area contributed by atoms with Crippen LogP contribution < -0.4 is 0 Å². The molecule has 0 aliphatic rings. The van der Waals surface area contributed by atoms with E-state index in [-0.39, 0.29) is 10.4 Å². The minimum Gasteiger partial charge on any atom is -0.450 e. The van der Waals surface area contributed by atoms with Crippen LogP contribution in [0.5, 0.6) is 0 Å². The molecule has 0 N–H and O–H groups in total. The molecule has 0 unspecified atom stereocenters. The minimum absolute atomic E-state index is 0.119. The van der Waals surface area contributed by atoms with E-state index in [4.69, 9.17) is 27.6 Å². The van der Waals surface area contributed by atoms with E-state index < -0.39 is 0 Å². The van der Waals surface area contributed by atoms with Gasteiger partial charge in [0.25, 0.3) is 0 Å². The molecule has 0 fully saturated rings. The van der Waals surface area contributed by atoms with Crippen molar-refractivity contribution in [3.05, 3.63) is 46.8 Å². The van der Waals surface area contributed by atoms with Gasteiger partial charge in [-0.15, -0.1) is 0 Å². The van der Waals surface area contributed by atoms with Gasteiger partial charge in [0, 0.05) is 10.8 Å². The minimum atomic E-state index is 0.119. The van der Waals surface area contributed by atoms with E-state index in [1.165, 1.54) is 0 Å². The van der Waals surface area contributed by atoms with E-state index in [0.29, 0.717) is 11.1 Å². The van der Waals surface area contributed by atoms with E-state index in [1.807, 2.05) is 36.4 Å². The molecule has 0 spiro atoms. The van der Waals surface area contributed by atoms with E-state index in [0.717, 1.165) is 21.7 Å². The van der Waals surface area contributed by atoms with Gasteiger partial charge in [-0.05, 0) is 23.1 Å². The van der Waals surface area contributed by atoms with Crippen molar-refractivity contribution in [1.29, 1.82) is 0 Å². The largest absolute Gasteiger partial charge is 0.450 e. The van der Waals surface area contributed by atoms with Gasteiger partial charge in [-0.3, -0.25) is 0 Å². The average molecular weight is 289 g/mol. The number of hydrogen-bond acceptors (Lipinski definition) is 3. The maximum absolute atomic E-state index is 6.06. The van der Waals surface area contributed by atoms with Crippen LogP contribution in [-0.4, -0.2) is 9.97 Å². The Labute approximate surface area is 117 Å². The molecule has 2 aromatic heterocycles. The summed E-state index contributed by atoms with van der Waals surface area (Å²) in [5.74, 6) is 0. The van der Waals surface area contributed by atoms with Crippen LogP contribution in [-0.2, 0) is 0 Å². The maximum Gasteiger partial charge on any atom is 0.224 e. The first-order chi connectivity index (χ1) is 9.24. The fourth-order valence-corrected chi connectivity index (χ4v) is 2.73. The van der Waals surface area contributed by atoms with Crippen molar-refractivity contribution in [1.82, 2.24) is 9.97 Å². The Morgan fingerprint density at radius 3 is 2.58 bits per heavy atom. The maximum atomic E-state index is 6.06. The van der Waals surface area contributed by atoms with Crippen molar-refractivity contribution in [2.24, 2.45) is 0 Å². The zero-order valence-corrected chi connectivity index (χ0v) is 11.0. The van der Waals surface area contributed by atoms with Crippen molar-refractivity contribution in [2.75, 3.05) is 0 Å². The number of fused-ring (bicyclic) bond motifs is 5. The molecule has 4 rings (SSSR count). The lowest BCUT2D eigenvalue weighted by molar-refractivity contribution is 0.669. The molecule has 0 atom stereocenters. The molecule has 0 amide bonds. The van der Waals surface area contributed by atoms with Crippen molar-refractivity contribution in [3.63, 3.8) is 0 Å². The Kier molecular flexibility index (Phi) is 2.22. The Morgan fingerprint density at radius 1 is 0.842 bits per heavy atom. The monoisotopic (exact) mass is 288 g/mol. The molecular weight excluding hydrogens is 283 g/mol. The van der Waals surface area contributed by atoms with Crippen molar-refractivity contribution in [2.45, 2.75) is 0 Å². The van der Waals surface area contributed by atoms with Crippen LogP contribution in [0, 0.1) is 0 Å². The number of nitrogens with zero attached hydrogens (tertiary/aromatic N) is 2. The van der Waals surface area contributed by atoms with Crippen LogP contribution in [0.2, 0.25) is 10.4 Å². The lowest BCUT2D eigenvalue weighted by Gasteiger charge is -1.96. The molecule has 0 radical (unpaired) electrons. The molecule has 5 heteroatoms. The summed E-state index contributed by atoms with van der Waals surface area (Å²) in [5.41, 5.74) is 1.87. The second-order valence-electron chi connectivity index (χ2n) is 4.23. The molecular formula is C14H6Cl2N2O. The summed E-state index contributed by atoms with van der Waals surface area (Å²) >= 11 is 11.9. The third kappa shape index (κ3) is 1.52. The highest BCUT2D eigenvalue weighted by atomic mass is 35.5. The van der Waals surface area contributed by atoms with Crippen LogP contribution in [0.25, 0.3) is 32.8 Å². The van der Waals surface area contributed by atoms with Gasteiger partial charge in [0.1, 0.15) is 11.1 Å². The lowest BCUT2D eigenvalue weighted by atomic mass is 10.1. The van der Waals surface area contributed by atoms with E-state index in [9.17, 15) is 0 Å². The number of furan rings is 1. The number of aromatic nitrogens is 2. The molecule has 0 bridgehead atoms. The Balaban J connectivity index is 2.31. The molecule has 2 heterocycles. The molecule has 92 valence electrons. The van der Waals surface area contributed by atoms with Gasteiger partial charge < -0.3 is 4.42 Å². The summed E-state index contributed by atoms with van der Waals surface area (Å²) in [6.45, 7) is 0. The van der Waals surface area contributed by atoms with Gasteiger partial charge in [-0.2, -0.15) is 0 Å². The highest BCUT2D eigenvalue weighted by Crippen LogP contribution is 2.35. The van der Waals surface area contributed by atoms with Gasteiger partial charge in [-0.1, -0.05) is 41.9 Å². The molecule has 4 aromatic rings. The molecule has 0 aliphatic heterocycles. The van der Waals surface area contributed by atoms with Gasteiger partial charge in [0.2, 0.25) is 5.28 Å². The zero-order valence-electron chi connectivity index (χ0n) is 9.52. The summed E-state index contributed by atoms with van der Waals surface area (Å²) in [4.78, 5) is 8.11. The molecule has 2 aromatic carbocycles. The third-order valence-corrected chi connectivity index (χ3v) is 3.56. The number of hydrogen-bond donors (Lipinski definition) is 0. The first-order valence-electron chi connectivity index (χ1n) is 5.67. The standard InChI is InChI=1S/C14H6Cl2N2O/c15-13-12-10(17-14(16)18-13)9-6-5-7-3-1-2-4-8(7)11(9)19-12/h1-6H. The summed E-state index contributed by atoms with van der Waals surface area (Å²) < 4.78 is 5.84. The predicted molar refractivity (Wildman–Crippen MR) is 76.8 cm³/mol. The van der Waals surface area contributed by atoms with Gasteiger partial charge in [0.15, 0.2) is 10.7 Å². The van der Waals surface area contributed by atoms with Crippen LogP contribution in [0.3, 0.4) is 0 Å². The number of benzene rings is 2. The van der Waals surface area contributed by atoms with E-state index in [2.05, 4.69) is 9.97 Å². The second kappa shape index (κ2) is 3.83. The number of halogens is 2. The van der Waals surface area contributed by atoms with Gasteiger partial charge >= 0.3 is 0 Å². The van der Waals surface area contributed by atoms with Gasteiger partial charge in [0.05, 0.1) is 0 Å². The number of rotatable bonds is 0. The summed E-state index contributed by atoms with van der Waals surface area (Å²) in [5, 5.41) is 3.36. The van der Waals surface area contributed by atoms with Crippen LogP contribution in [0.15, 0.2) is 40.8 Å². The summed E-state index contributed by atoms with van der Waals surface area (Å²) in [6.07, 6.45) is 0. The quantitative estimate of drug-likeness (QED) is 0.343. The highest BCUT2D eigenvalue weighted by Gasteiger charge is 2.15. The molecule has 0 saturated carbocycles. The van der Waals surface area contributed by atoms with E-state index in [1.54, 1.807) is 0 Å². The SMILES string of the molecule is Clc1nc(Cl)c2oc3c4ccccc4ccc3c2n1. The Morgan fingerprint density at radius 2 is 1.68 bits per heavy atom. The summed E-state index contributed by atoms with van der Waals surface area (Å²) in [7, 11) is 0. The average Bonchev–Trinajstić information content (AvgIpc) is 2.78. The van der Waals surface area contributed by atoms with Gasteiger partial charge in [-0.25, -0.2) is 9.97 Å². The molecule has 0 saturated heterocycles. The predicted octanol–water partition coefficient (Wildman–Crippen LogP) is 4.84. The van der Waals surface area contributed by atoms with E-state index >= 15 is 0 Å². The first-order valence-corrected chi connectivity index (χ1v) is 6.42. The lowest BCUT2D eigenvalue weighted by Crippen LogP contribution is -1.83. The fourth-order valence-electron chi connectivity index (χ4n) is 2.31. The van der Waals surface area contributed by atoms with Crippen LogP contribution >= 0.6 is 23.2 Å². The zero-order chi connectivity index (χ0) is 13.0. The topological polar surface area (TPSA) is 38.9 Å². The van der Waals surface area contributed by atoms with Crippen molar-refractivity contribution in [3.8, 4) is 0 Å². The smallest absolute Gasteiger partial charge is 0.224 e. The molecule has 3 nitrogen and oxygen atoms in total. The van der Waals surface area contributed by atoms with Crippen LogP contribution in [0.1, 0.15) is 0 Å². The third-order valence-electron chi connectivity index (χ3n) is 3.14. The van der Waals surface area contributed by atoms with Crippen molar-refractivity contribution < 1.29 is 4.42 Å². The van der Waals surface area contributed by atoms with Crippen molar-refractivity contribution >= 4 is 56.0 Å². The first kappa shape index (κ1) is 11.0. The molecule has 19 heavy (non-hydrogen) atoms.